The van der Waals surface area contributed by atoms with Crippen LogP contribution < -0.4 is 5.32 Å². The molecule has 96 valence electrons. The summed E-state index contributed by atoms with van der Waals surface area (Å²) in [7, 11) is 0. The van der Waals surface area contributed by atoms with E-state index in [4.69, 9.17) is 5.11 Å². The molecule has 2 N–H and O–H groups in total. The third-order valence-electron chi connectivity index (χ3n) is 2.73. The molecule has 0 aliphatic heterocycles. The van der Waals surface area contributed by atoms with Gasteiger partial charge in [-0.15, -0.1) is 0 Å². The minimum Gasteiger partial charge on any atom is -0.396 e. The predicted octanol–water partition coefficient (Wildman–Crippen LogP) is 2.78. The minimum atomic E-state index is -0.809. The molecule has 0 bridgehead atoms. The molecule has 0 saturated heterocycles. The quantitative estimate of drug-likeness (QED) is 0.722. The molecule has 0 amide bonds. The van der Waals surface area contributed by atoms with Crippen LogP contribution in [0.4, 0.5) is 8.78 Å². The van der Waals surface area contributed by atoms with Crippen LogP contribution >= 0.6 is 0 Å². The molecule has 0 spiro atoms. The summed E-state index contributed by atoms with van der Waals surface area (Å²) < 4.78 is 26.4. The maximum Gasteiger partial charge on any atom is 0.163 e. The van der Waals surface area contributed by atoms with Gasteiger partial charge in [-0.3, -0.25) is 0 Å². The van der Waals surface area contributed by atoms with Crippen molar-refractivity contribution in [2.45, 2.75) is 32.2 Å². The number of rotatable bonds is 7. The molecule has 0 aliphatic rings. The Hall–Kier alpha value is -1.00. The molecule has 0 aromatic heterocycles. The molecular weight excluding hydrogens is 224 g/mol. The van der Waals surface area contributed by atoms with Crippen LogP contribution in [-0.2, 0) is 0 Å². The monoisotopic (exact) mass is 243 g/mol. The van der Waals surface area contributed by atoms with Crippen molar-refractivity contribution in [2.75, 3.05) is 13.2 Å². The lowest BCUT2D eigenvalue weighted by molar-refractivity contribution is 0.282. The van der Waals surface area contributed by atoms with Crippen molar-refractivity contribution in [3.63, 3.8) is 0 Å². The third-order valence-corrected chi connectivity index (χ3v) is 2.73. The first kappa shape index (κ1) is 14.1. The average Bonchev–Trinajstić information content (AvgIpc) is 2.32. The highest BCUT2D eigenvalue weighted by Crippen LogP contribution is 2.18. The van der Waals surface area contributed by atoms with E-state index in [2.05, 4.69) is 5.32 Å². The van der Waals surface area contributed by atoms with E-state index < -0.39 is 11.6 Å². The van der Waals surface area contributed by atoms with Crippen LogP contribution in [0.1, 0.15) is 37.8 Å². The zero-order chi connectivity index (χ0) is 12.7. The Kier molecular flexibility index (Phi) is 6.08. The van der Waals surface area contributed by atoms with Crippen molar-refractivity contribution >= 4 is 0 Å². The number of aliphatic hydroxyl groups is 1. The molecule has 0 saturated carbocycles. The number of nitrogens with one attached hydrogen (secondary N) is 1. The molecule has 0 radical (unpaired) electrons. The molecule has 4 heteroatoms. The Bertz CT molecular complexity index is 344. The van der Waals surface area contributed by atoms with Gasteiger partial charge in [0.1, 0.15) is 0 Å². The number of unbranched alkanes of at least 4 members (excludes halogenated alkanes) is 2. The highest BCUT2D eigenvalue weighted by Gasteiger charge is 2.13. The van der Waals surface area contributed by atoms with Gasteiger partial charge in [0.25, 0.3) is 0 Å². The van der Waals surface area contributed by atoms with Gasteiger partial charge < -0.3 is 10.4 Å². The first-order chi connectivity index (χ1) is 8.16. The van der Waals surface area contributed by atoms with E-state index in [1.54, 1.807) is 6.07 Å². The summed E-state index contributed by atoms with van der Waals surface area (Å²) in [5, 5.41) is 11.7. The Morgan fingerprint density at radius 3 is 2.71 bits per heavy atom. The number of aliphatic hydroxyl groups excluding tert-OH is 1. The van der Waals surface area contributed by atoms with Gasteiger partial charge in [-0.2, -0.15) is 0 Å². The molecule has 17 heavy (non-hydrogen) atoms. The van der Waals surface area contributed by atoms with Gasteiger partial charge in [0.2, 0.25) is 0 Å². The van der Waals surface area contributed by atoms with Crippen LogP contribution in [0.15, 0.2) is 18.2 Å². The maximum atomic E-state index is 13.4. The van der Waals surface area contributed by atoms with Crippen molar-refractivity contribution in [3.8, 4) is 0 Å². The first-order valence-electron chi connectivity index (χ1n) is 5.95. The third kappa shape index (κ3) is 4.40. The molecule has 1 aromatic rings. The van der Waals surface area contributed by atoms with Gasteiger partial charge in [-0.25, -0.2) is 8.78 Å². The van der Waals surface area contributed by atoms with Crippen molar-refractivity contribution in [1.29, 1.82) is 0 Å². The average molecular weight is 243 g/mol. The number of hydrogen-bond donors (Lipinski definition) is 2. The van der Waals surface area contributed by atoms with E-state index in [9.17, 15) is 8.78 Å². The molecule has 1 atom stereocenters. The second kappa shape index (κ2) is 7.35. The molecule has 1 rings (SSSR count). The summed E-state index contributed by atoms with van der Waals surface area (Å²) in [6, 6.07) is 4.01. The molecule has 0 aliphatic carbocycles. The fourth-order valence-electron chi connectivity index (χ4n) is 1.70. The van der Waals surface area contributed by atoms with Crippen molar-refractivity contribution < 1.29 is 13.9 Å². The summed E-state index contributed by atoms with van der Waals surface area (Å²) in [6.45, 7) is 2.75. The lowest BCUT2D eigenvalue weighted by atomic mass is 10.1. The molecule has 1 aromatic carbocycles. The predicted molar refractivity (Wildman–Crippen MR) is 63.7 cm³/mol. The van der Waals surface area contributed by atoms with E-state index in [1.807, 2.05) is 6.92 Å². The summed E-state index contributed by atoms with van der Waals surface area (Å²) in [4.78, 5) is 0. The van der Waals surface area contributed by atoms with Gasteiger partial charge in [0, 0.05) is 18.2 Å². The molecule has 2 nitrogen and oxygen atoms in total. The van der Waals surface area contributed by atoms with Crippen LogP contribution in [0.3, 0.4) is 0 Å². The normalized spacial score (nSPS) is 12.7. The second-order valence-electron chi connectivity index (χ2n) is 4.10. The van der Waals surface area contributed by atoms with Gasteiger partial charge in [0.15, 0.2) is 11.6 Å². The lowest BCUT2D eigenvalue weighted by Crippen LogP contribution is -2.21. The zero-order valence-electron chi connectivity index (χ0n) is 10.0. The van der Waals surface area contributed by atoms with Crippen LogP contribution in [0, 0.1) is 11.6 Å². The summed E-state index contributed by atoms with van der Waals surface area (Å²) in [6.07, 6.45) is 2.63. The topological polar surface area (TPSA) is 32.3 Å². The SMILES string of the molecule is CC(NCCCCCO)c1cccc(F)c1F. The minimum absolute atomic E-state index is 0.202. The Morgan fingerprint density at radius 2 is 2.00 bits per heavy atom. The summed E-state index contributed by atoms with van der Waals surface area (Å²) in [5.41, 5.74) is 0.354. The highest BCUT2D eigenvalue weighted by atomic mass is 19.2. The van der Waals surface area contributed by atoms with Crippen LogP contribution in [0.5, 0.6) is 0 Å². The Balaban J connectivity index is 2.41. The maximum absolute atomic E-state index is 13.4. The van der Waals surface area contributed by atoms with E-state index >= 15 is 0 Å². The van der Waals surface area contributed by atoms with Crippen LogP contribution in [-0.4, -0.2) is 18.3 Å². The van der Waals surface area contributed by atoms with Crippen LogP contribution in [0.25, 0.3) is 0 Å². The van der Waals surface area contributed by atoms with Crippen molar-refractivity contribution in [1.82, 2.24) is 5.32 Å². The Morgan fingerprint density at radius 1 is 1.24 bits per heavy atom. The molecule has 1 unspecified atom stereocenters. The van der Waals surface area contributed by atoms with Crippen LogP contribution in [0.2, 0.25) is 0 Å². The largest absolute Gasteiger partial charge is 0.396 e. The first-order valence-corrected chi connectivity index (χ1v) is 5.95. The number of benzene rings is 1. The highest BCUT2D eigenvalue weighted by molar-refractivity contribution is 5.21. The van der Waals surface area contributed by atoms with E-state index in [0.29, 0.717) is 5.56 Å². The van der Waals surface area contributed by atoms with Crippen molar-refractivity contribution in [2.24, 2.45) is 0 Å². The number of halogens is 2. The smallest absolute Gasteiger partial charge is 0.163 e. The van der Waals surface area contributed by atoms with Gasteiger partial charge >= 0.3 is 0 Å². The molecular formula is C13H19F2NO. The molecule has 0 fully saturated rings. The van der Waals surface area contributed by atoms with Gasteiger partial charge in [-0.1, -0.05) is 12.1 Å². The standard InChI is InChI=1S/C13H19F2NO/c1-10(16-8-3-2-4-9-17)11-6-5-7-12(14)13(11)15/h5-7,10,16-17H,2-4,8-9H2,1H3. The number of hydrogen-bond acceptors (Lipinski definition) is 2. The summed E-state index contributed by atoms with van der Waals surface area (Å²) >= 11 is 0. The molecule has 0 heterocycles. The fourth-order valence-corrected chi connectivity index (χ4v) is 1.70. The van der Waals surface area contributed by atoms with E-state index in [1.165, 1.54) is 6.07 Å². The van der Waals surface area contributed by atoms with Gasteiger partial charge in [-0.05, 0) is 38.8 Å². The van der Waals surface area contributed by atoms with E-state index in [0.717, 1.165) is 31.9 Å². The summed E-state index contributed by atoms with van der Waals surface area (Å²) in [5.74, 6) is -1.58. The van der Waals surface area contributed by atoms with Crippen molar-refractivity contribution in [3.05, 3.63) is 35.4 Å². The fraction of sp³-hybridized carbons (Fsp3) is 0.538. The van der Waals surface area contributed by atoms with Gasteiger partial charge in [0.05, 0.1) is 0 Å². The Labute approximate surface area is 101 Å². The zero-order valence-corrected chi connectivity index (χ0v) is 10.0. The second-order valence-corrected chi connectivity index (χ2v) is 4.10. The lowest BCUT2D eigenvalue weighted by Gasteiger charge is -2.15. The van der Waals surface area contributed by atoms with E-state index in [-0.39, 0.29) is 12.6 Å².